The van der Waals surface area contributed by atoms with Crippen LogP contribution in [0.15, 0.2) is 54.6 Å². The van der Waals surface area contributed by atoms with Gasteiger partial charge in [0, 0.05) is 59.1 Å². The molecule has 1 saturated heterocycles. The van der Waals surface area contributed by atoms with Crippen LogP contribution < -0.4 is 4.90 Å². The number of sulfonamides is 1. The van der Waals surface area contributed by atoms with Crippen LogP contribution in [0.5, 0.6) is 0 Å². The van der Waals surface area contributed by atoms with Gasteiger partial charge in [-0.25, -0.2) is 8.42 Å². The Morgan fingerprint density at radius 3 is 1.82 bits per heavy atom. The Bertz CT molecular complexity index is 1170. The molecular formula is C28H44N4O4S2. The lowest BCUT2D eigenvalue weighted by Crippen LogP contribution is -2.51. The van der Waals surface area contributed by atoms with Crippen molar-refractivity contribution in [2.45, 2.75) is 40.0 Å². The molecule has 1 aliphatic heterocycles. The number of anilines is 1. The molecule has 0 unspecified atom stereocenters. The second-order valence-corrected chi connectivity index (χ2v) is 13.4. The van der Waals surface area contributed by atoms with Gasteiger partial charge in [-0.3, -0.25) is 0 Å². The Labute approximate surface area is 231 Å². The lowest BCUT2D eigenvalue weighted by molar-refractivity contribution is 0.355. The summed E-state index contributed by atoms with van der Waals surface area (Å²) in [5, 5.41) is 0. The van der Waals surface area contributed by atoms with E-state index in [2.05, 4.69) is 17.7 Å². The van der Waals surface area contributed by atoms with Gasteiger partial charge in [0.05, 0.1) is 5.75 Å². The van der Waals surface area contributed by atoms with E-state index in [4.69, 9.17) is 0 Å². The molecule has 212 valence electrons. The fraction of sp³-hybridized carbons (Fsp3) is 0.500. The van der Waals surface area contributed by atoms with Crippen molar-refractivity contribution in [1.82, 2.24) is 12.9 Å². The van der Waals surface area contributed by atoms with Gasteiger partial charge in [0.2, 0.25) is 10.0 Å². The molecule has 0 atom stereocenters. The molecule has 2 aromatic carbocycles. The highest BCUT2D eigenvalue weighted by atomic mass is 32.2. The minimum Gasteiger partial charge on any atom is -0.369 e. The van der Waals surface area contributed by atoms with Gasteiger partial charge in [0.1, 0.15) is 0 Å². The summed E-state index contributed by atoms with van der Waals surface area (Å²) in [6, 6.07) is 17.2. The Hall–Kier alpha value is -2.42. The molecule has 2 aromatic rings. The van der Waals surface area contributed by atoms with Gasteiger partial charge in [-0.1, -0.05) is 70.2 Å². The first-order valence-electron chi connectivity index (χ1n) is 12.9. The topological polar surface area (TPSA) is 81.2 Å². The maximum absolute atomic E-state index is 13.2. The normalized spacial score (nSPS) is 14.6. The molecule has 1 fully saturated rings. The fourth-order valence-corrected chi connectivity index (χ4v) is 6.74. The third-order valence-corrected chi connectivity index (χ3v) is 9.54. The SMILES string of the molecule is C#C.CC.CC(C)CN(Cc1ccc(N2CCN(S(=O)(=O)N(C)C)CC2)cc1)S(=O)(=O)Cc1ccccc1. The van der Waals surface area contributed by atoms with Crippen LogP contribution in [-0.4, -0.2) is 76.6 Å². The Morgan fingerprint density at radius 2 is 1.34 bits per heavy atom. The van der Waals surface area contributed by atoms with E-state index in [1.54, 1.807) is 18.4 Å². The molecule has 0 bridgehead atoms. The van der Waals surface area contributed by atoms with E-state index < -0.39 is 20.2 Å². The molecule has 0 spiro atoms. The molecule has 8 nitrogen and oxygen atoms in total. The second kappa shape index (κ2) is 15.9. The van der Waals surface area contributed by atoms with Crippen molar-refractivity contribution in [3.63, 3.8) is 0 Å². The van der Waals surface area contributed by atoms with Crippen molar-refractivity contribution in [2.75, 3.05) is 51.7 Å². The average molecular weight is 565 g/mol. The van der Waals surface area contributed by atoms with Crippen molar-refractivity contribution in [3.05, 3.63) is 65.7 Å². The predicted octanol–water partition coefficient (Wildman–Crippen LogP) is 3.88. The van der Waals surface area contributed by atoms with E-state index >= 15 is 0 Å². The van der Waals surface area contributed by atoms with Gasteiger partial charge in [-0.2, -0.15) is 21.3 Å². The van der Waals surface area contributed by atoms with Gasteiger partial charge in [-0.15, -0.1) is 12.8 Å². The van der Waals surface area contributed by atoms with Crippen LogP contribution in [0.3, 0.4) is 0 Å². The third kappa shape index (κ3) is 9.71. The van der Waals surface area contributed by atoms with Gasteiger partial charge in [0.25, 0.3) is 10.2 Å². The second-order valence-electron chi connectivity index (χ2n) is 9.27. The van der Waals surface area contributed by atoms with Crippen LogP contribution in [0.2, 0.25) is 0 Å². The summed E-state index contributed by atoms with van der Waals surface area (Å²) in [7, 11) is -3.78. The zero-order valence-electron chi connectivity index (χ0n) is 23.6. The van der Waals surface area contributed by atoms with Crippen molar-refractivity contribution in [2.24, 2.45) is 5.92 Å². The predicted molar refractivity (Wildman–Crippen MR) is 158 cm³/mol. The number of rotatable bonds is 10. The molecule has 0 aromatic heterocycles. The van der Waals surface area contributed by atoms with Crippen molar-refractivity contribution in [3.8, 4) is 12.8 Å². The van der Waals surface area contributed by atoms with Gasteiger partial charge in [-0.05, 0) is 29.2 Å². The van der Waals surface area contributed by atoms with Gasteiger partial charge >= 0.3 is 0 Å². The average Bonchev–Trinajstić information content (AvgIpc) is 2.91. The van der Waals surface area contributed by atoms with Crippen LogP contribution in [0.4, 0.5) is 5.69 Å². The van der Waals surface area contributed by atoms with Gasteiger partial charge < -0.3 is 4.90 Å². The lowest BCUT2D eigenvalue weighted by atomic mass is 10.1. The number of hydrogen-bond acceptors (Lipinski definition) is 5. The smallest absolute Gasteiger partial charge is 0.281 e. The van der Waals surface area contributed by atoms with E-state index in [0.29, 0.717) is 39.3 Å². The lowest BCUT2D eigenvalue weighted by Gasteiger charge is -2.36. The highest BCUT2D eigenvalue weighted by Gasteiger charge is 2.29. The molecule has 1 heterocycles. The van der Waals surface area contributed by atoms with E-state index in [1.165, 1.54) is 8.61 Å². The molecule has 0 N–H and O–H groups in total. The molecule has 0 amide bonds. The summed E-state index contributed by atoms with van der Waals surface area (Å²) < 4.78 is 55.3. The molecular weight excluding hydrogens is 520 g/mol. The molecule has 0 saturated carbocycles. The Kier molecular flexibility index (Phi) is 14.0. The first kappa shape index (κ1) is 33.6. The highest BCUT2D eigenvalue weighted by molar-refractivity contribution is 7.88. The van der Waals surface area contributed by atoms with E-state index in [1.807, 2.05) is 82.3 Å². The Balaban J connectivity index is 0.00000172. The monoisotopic (exact) mass is 564 g/mol. The maximum atomic E-state index is 13.2. The first-order valence-corrected chi connectivity index (χ1v) is 15.9. The van der Waals surface area contributed by atoms with E-state index in [0.717, 1.165) is 16.8 Å². The zero-order chi connectivity index (χ0) is 28.9. The quantitative estimate of drug-likeness (QED) is 0.409. The summed E-state index contributed by atoms with van der Waals surface area (Å²) in [4.78, 5) is 2.16. The van der Waals surface area contributed by atoms with Crippen LogP contribution in [0, 0.1) is 18.8 Å². The molecule has 10 heteroatoms. The van der Waals surface area contributed by atoms with Crippen molar-refractivity contribution < 1.29 is 16.8 Å². The number of terminal acetylenes is 1. The third-order valence-electron chi connectivity index (χ3n) is 5.84. The summed E-state index contributed by atoms with van der Waals surface area (Å²) in [6.45, 7) is 10.9. The standard InChI is InChI=1S/C24H36N4O4S2.C2H6.C2H2/c1-21(2)18-28(33(29,30)20-23-8-6-5-7-9-23)19-22-10-12-24(13-11-22)26-14-16-27(17-15-26)34(31,32)25(3)4;2*1-2/h5-13,21H,14-20H2,1-4H3;1-2H3;1-2H. The van der Waals surface area contributed by atoms with Crippen molar-refractivity contribution in [1.29, 1.82) is 0 Å². The summed E-state index contributed by atoms with van der Waals surface area (Å²) in [5.41, 5.74) is 2.71. The molecule has 0 aliphatic carbocycles. The highest BCUT2D eigenvalue weighted by Crippen LogP contribution is 2.22. The van der Waals surface area contributed by atoms with Crippen molar-refractivity contribution >= 4 is 25.9 Å². The first-order chi connectivity index (χ1) is 18.0. The maximum Gasteiger partial charge on any atom is 0.281 e. The van der Waals surface area contributed by atoms with E-state index in [9.17, 15) is 16.8 Å². The molecule has 3 rings (SSSR count). The number of piperazine rings is 1. The van der Waals surface area contributed by atoms with Crippen LogP contribution >= 0.6 is 0 Å². The molecule has 0 radical (unpaired) electrons. The Morgan fingerprint density at radius 1 is 0.816 bits per heavy atom. The largest absolute Gasteiger partial charge is 0.369 e. The summed E-state index contributed by atoms with van der Waals surface area (Å²) >= 11 is 0. The minimum absolute atomic E-state index is 0.0151. The summed E-state index contributed by atoms with van der Waals surface area (Å²) in [6.07, 6.45) is 8.00. The fourth-order valence-electron chi connectivity index (χ4n) is 3.98. The molecule has 38 heavy (non-hydrogen) atoms. The zero-order valence-corrected chi connectivity index (χ0v) is 25.2. The van der Waals surface area contributed by atoms with Crippen LogP contribution in [0.25, 0.3) is 0 Å². The molecule has 1 aliphatic rings. The van der Waals surface area contributed by atoms with Gasteiger partial charge in [0.15, 0.2) is 0 Å². The number of hydrogen-bond donors (Lipinski definition) is 0. The minimum atomic E-state index is -3.47. The number of nitrogens with zero attached hydrogens (tertiary/aromatic N) is 4. The van der Waals surface area contributed by atoms with Crippen LogP contribution in [0.1, 0.15) is 38.8 Å². The summed E-state index contributed by atoms with van der Waals surface area (Å²) in [5.74, 6) is 0.193. The van der Waals surface area contributed by atoms with Crippen LogP contribution in [-0.2, 0) is 32.5 Å². The number of benzene rings is 2. The van der Waals surface area contributed by atoms with E-state index in [-0.39, 0.29) is 11.7 Å².